The van der Waals surface area contributed by atoms with Gasteiger partial charge in [0.15, 0.2) is 0 Å². The number of carbonyl (C=O) groups is 1. The molecule has 5 nitrogen and oxygen atoms in total. The number of amides is 1. The van der Waals surface area contributed by atoms with Gasteiger partial charge in [-0.1, -0.05) is 12.1 Å². The van der Waals surface area contributed by atoms with Gasteiger partial charge in [0.25, 0.3) is 0 Å². The highest BCUT2D eigenvalue weighted by atomic mass is 19.4. The lowest BCUT2D eigenvalue weighted by Gasteiger charge is -2.34. The van der Waals surface area contributed by atoms with E-state index >= 15 is 0 Å². The van der Waals surface area contributed by atoms with Crippen molar-refractivity contribution in [3.8, 4) is 0 Å². The molecule has 0 aromatic heterocycles. The first-order valence-electron chi connectivity index (χ1n) is 6.99. The molecule has 8 heteroatoms. The number of rotatable bonds is 4. The zero-order valence-corrected chi connectivity index (χ0v) is 12.1. The second-order valence-corrected chi connectivity index (χ2v) is 5.31. The molecule has 0 atom stereocenters. The van der Waals surface area contributed by atoms with Crippen molar-refractivity contribution in [2.24, 2.45) is 5.84 Å². The molecular formula is C14H19F3N4O. The number of nitrogens with two attached hydrogens (primary N) is 1. The summed E-state index contributed by atoms with van der Waals surface area (Å²) >= 11 is 0. The number of hydrogen-bond donors (Lipinski definition) is 2. The molecule has 0 radical (unpaired) electrons. The third-order valence-corrected chi connectivity index (χ3v) is 3.68. The van der Waals surface area contributed by atoms with E-state index in [1.165, 1.54) is 12.1 Å². The Labute approximate surface area is 126 Å². The van der Waals surface area contributed by atoms with E-state index in [2.05, 4.69) is 10.3 Å². The van der Waals surface area contributed by atoms with Gasteiger partial charge in [0.05, 0.1) is 12.1 Å². The van der Waals surface area contributed by atoms with Crippen LogP contribution < -0.4 is 11.3 Å². The third-order valence-electron chi connectivity index (χ3n) is 3.68. The summed E-state index contributed by atoms with van der Waals surface area (Å²) in [5, 5.41) is 0. The second kappa shape index (κ2) is 7.08. The highest BCUT2D eigenvalue weighted by molar-refractivity contribution is 5.77. The van der Waals surface area contributed by atoms with Crippen LogP contribution in [0.3, 0.4) is 0 Å². The molecule has 1 fully saturated rings. The molecule has 122 valence electrons. The Hall–Kier alpha value is -1.64. The van der Waals surface area contributed by atoms with Crippen molar-refractivity contribution < 1.29 is 18.0 Å². The highest BCUT2D eigenvalue weighted by Crippen LogP contribution is 2.29. The van der Waals surface area contributed by atoms with Crippen molar-refractivity contribution in [3.63, 3.8) is 0 Å². The van der Waals surface area contributed by atoms with Crippen LogP contribution in [0.2, 0.25) is 0 Å². The van der Waals surface area contributed by atoms with Crippen molar-refractivity contribution in [1.29, 1.82) is 0 Å². The van der Waals surface area contributed by atoms with Gasteiger partial charge in [-0.15, -0.1) is 0 Å². The van der Waals surface area contributed by atoms with Crippen LogP contribution in [0.15, 0.2) is 24.3 Å². The SMILES string of the molecule is NNC(=O)CN1CCN(Cc2ccc(C(F)(F)F)cc2)CC1. The molecule has 1 amide bonds. The molecule has 2 rings (SSSR count). The van der Waals surface area contributed by atoms with Gasteiger partial charge in [-0.05, 0) is 17.7 Å². The van der Waals surface area contributed by atoms with Crippen molar-refractivity contribution in [2.75, 3.05) is 32.7 Å². The number of piperazine rings is 1. The molecule has 1 heterocycles. The Bertz CT molecular complexity index is 496. The minimum atomic E-state index is -4.30. The van der Waals surface area contributed by atoms with Gasteiger partial charge in [0.1, 0.15) is 0 Å². The minimum absolute atomic E-state index is 0.226. The predicted octanol–water partition coefficient (Wildman–Crippen LogP) is 0.813. The Morgan fingerprint density at radius 1 is 1.09 bits per heavy atom. The summed E-state index contributed by atoms with van der Waals surface area (Å²) in [6, 6.07) is 5.24. The zero-order valence-electron chi connectivity index (χ0n) is 12.1. The number of carbonyl (C=O) groups excluding carboxylic acids is 1. The lowest BCUT2D eigenvalue weighted by atomic mass is 10.1. The van der Waals surface area contributed by atoms with Gasteiger partial charge in [-0.2, -0.15) is 13.2 Å². The van der Waals surface area contributed by atoms with Gasteiger partial charge in [-0.25, -0.2) is 5.84 Å². The summed E-state index contributed by atoms with van der Waals surface area (Å²) < 4.78 is 37.5. The van der Waals surface area contributed by atoms with Crippen LogP contribution in [-0.4, -0.2) is 48.4 Å². The number of hydrazine groups is 1. The van der Waals surface area contributed by atoms with E-state index in [4.69, 9.17) is 5.84 Å². The Balaban J connectivity index is 1.82. The molecule has 3 N–H and O–H groups in total. The Kier molecular flexibility index (Phi) is 5.38. The topological polar surface area (TPSA) is 61.6 Å². The van der Waals surface area contributed by atoms with Crippen LogP contribution in [-0.2, 0) is 17.5 Å². The summed E-state index contributed by atoms with van der Waals surface area (Å²) in [4.78, 5) is 15.3. The fraction of sp³-hybridized carbons (Fsp3) is 0.500. The van der Waals surface area contributed by atoms with Gasteiger partial charge in [0, 0.05) is 32.7 Å². The first-order chi connectivity index (χ1) is 10.4. The molecule has 0 unspecified atom stereocenters. The molecule has 0 aliphatic carbocycles. The molecule has 0 bridgehead atoms. The Morgan fingerprint density at radius 3 is 2.14 bits per heavy atom. The largest absolute Gasteiger partial charge is 0.416 e. The molecule has 1 saturated heterocycles. The second-order valence-electron chi connectivity index (χ2n) is 5.31. The third kappa shape index (κ3) is 4.69. The molecule has 0 spiro atoms. The predicted molar refractivity (Wildman–Crippen MR) is 75.5 cm³/mol. The Morgan fingerprint density at radius 2 is 1.64 bits per heavy atom. The number of alkyl halides is 3. The fourth-order valence-electron chi connectivity index (χ4n) is 2.41. The lowest BCUT2D eigenvalue weighted by molar-refractivity contribution is -0.137. The van der Waals surface area contributed by atoms with Gasteiger partial charge in [-0.3, -0.25) is 20.0 Å². The van der Waals surface area contributed by atoms with Crippen LogP contribution in [0.5, 0.6) is 0 Å². The van der Waals surface area contributed by atoms with E-state index in [1.807, 2.05) is 4.90 Å². The summed E-state index contributed by atoms with van der Waals surface area (Å²) in [6.07, 6.45) is -4.30. The molecule has 0 saturated carbocycles. The lowest BCUT2D eigenvalue weighted by Crippen LogP contribution is -2.49. The monoisotopic (exact) mass is 316 g/mol. The molecule has 1 aromatic rings. The van der Waals surface area contributed by atoms with Gasteiger partial charge in [0.2, 0.25) is 5.91 Å². The number of benzene rings is 1. The minimum Gasteiger partial charge on any atom is -0.297 e. The van der Waals surface area contributed by atoms with E-state index in [9.17, 15) is 18.0 Å². The van der Waals surface area contributed by atoms with Crippen LogP contribution >= 0.6 is 0 Å². The van der Waals surface area contributed by atoms with Gasteiger partial charge < -0.3 is 0 Å². The molecule has 22 heavy (non-hydrogen) atoms. The van der Waals surface area contributed by atoms with Crippen molar-refractivity contribution in [2.45, 2.75) is 12.7 Å². The van der Waals surface area contributed by atoms with Crippen LogP contribution in [0, 0.1) is 0 Å². The first kappa shape index (κ1) is 16.7. The standard InChI is InChI=1S/C14H19F3N4O/c15-14(16,17)12-3-1-11(2-4-12)9-20-5-7-21(8-6-20)10-13(22)19-18/h1-4H,5-10,18H2,(H,19,22). The van der Waals surface area contributed by atoms with E-state index in [0.29, 0.717) is 6.54 Å². The number of halogens is 3. The quantitative estimate of drug-likeness (QED) is 0.490. The summed E-state index contributed by atoms with van der Waals surface area (Å²) in [5.41, 5.74) is 2.31. The van der Waals surface area contributed by atoms with Crippen LogP contribution in [0.4, 0.5) is 13.2 Å². The van der Waals surface area contributed by atoms with Crippen molar-refractivity contribution >= 4 is 5.91 Å². The normalized spacial score (nSPS) is 17.5. The molecule has 1 aliphatic rings. The van der Waals surface area contributed by atoms with Crippen LogP contribution in [0.1, 0.15) is 11.1 Å². The summed E-state index contributed by atoms with van der Waals surface area (Å²) in [7, 11) is 0. The molecule has 1 aromatic carbocycles. The maximum atomic E-state index is 12.5. The number of nitrogens with zero attached hydrogens (tertiary/aromatic N) is 2. The van der Waals surface area contributed by atoms with E-state index < -0.39 is 11.7 Å². The molecule has 1 aliphatic heterocycles. The average molecular weight is 316 g/mol. The zero-order chi connectivity index (χ0) is 16.2. The molecular weight excluding hydrogens is 297 g/mol. The van der Waals surface area contributed by atoms with Gasteiger partial charge >= 0.3 is 6.18 Å². The first-order valence-corrected chi connectivity index (χ1v) is 6.99. The maximum Gasteiger partial charge on any atom is 0.416 e. The van der Waals surface area contributed by atoms with Crippen molar-refractivity contribution in [1.82, 2.24) is 15.2 Å². The summed E-state index contributed by atoms with van der Waals surface area (Å²) in [6.45, 7) is 3.86. The fourth-order valence-corrected chi connectivity index (χ4v) is 2.41. The average Bonchev–Trinajstić information content (AvgIpc) is 2.49. The van der Waals surface area contributed by atoms with E-state index in [1.54, 1.807) is 0 Å². The van der Waals surface area contributed by atoms with Crippen LogP contribution in [0.25, 0.3) is 0 Å². The smallest absolute Gasteiger partial charge is 0.297 e. The summed E-state index contributed by atoms with van der Waals surface area (Å²) in [5.74, 6) is 4.82. The number of hydrogen-bond acceptors (Lipinski definition) is 4. The highest BCUT2D eigenvalue weighted by Gasteiger charge is 2.30. The van der Waals surface area contributed by atoms with E-state index in [-0.39, 0.29) is 12.5 Å². The van der Waals surface area contributed by atoms with E-state index in [0.717, 1.165) is 43.9 Å². The van der Waals surface area contributed by atoms with Crippen molar-refractivity contribution in [3.05, 3.63) is 35.4 Å². The maximum absolute atomic E-state index is 12.5. The number of nitrogens with one attached hydrogen (secondary N) is 1.